The minimum atomic E-state index is 0.522. The molecule has 19 heavy (non-hydrogen) atoms. The van der Waals surface area contributed by atoms with E-state index >= 15 is 0 Å². The van der Waals surface area contributed by atoms with Gasteiger partial charge in [0.1, 0.15) is 0 Å². The Morgan fingerprint density at radius 1 is 1.32 bits per heavy atom. The predicted molar refractivity (Wildman–Crippen MR) is 84.2 cm³/mol. The summed E-state index contributed by atoms with van der Waals surface area (Å²) in [4.78, 5) is 0. The van der Waals surface area contributed by atoms with Gasteiger partial charge in [0.2, 0.25) is 0 Å². The Bertz CT molecular complexity index is 309. The molecule has 0 aromatic carbocycles. The summed E-state index contributed by atoms with van der Waals surface area (Å²) in [7, 11) is 0. The molecule has 1 heteroatoms. The molecule has 1 nitrogen and oxygen atoms in total. The molecule has 0 amide bonds. The van der Waals surface area contributed by atoms with Crippen LogP contribution in [0.3, 0.4) is 0 Å². The zero-order chi connectivity index (χ0) is 13.9. The van der Waals surface area contributed by atoms with Gasteiger partial charge in [-0.15, -0.1) is 0 Å². The zero-order valence-corrected chi connectivity index (χ0v) is 13.4. The smallest absolute Gasteiger partial charge is 0.00108 e. The highest BCUT2D eigenvalue weighted by Crippen LogP contribution is 2.58. The summed E-state index contributed by atoms with van der Waals surface area (Å²) in [5.74, 6) is 3.48. The van der Waals surface area contributed by atoms with E-state index in [2.05, 4.69) is 45.2 Å². The van der Waals surface area contributed by atoms with Gasteiger partial charge in [-0.1, -0.05) is 46.3 Å². The third-order valence-electron chi connectivity index (χ3n) is 5.97. The molecule has 1 heterocycles. The van der Waals surface area contributed by atoms with E-state index < -0.39 is 0 Å². The molecule has 1 saturated carbocycles. The molecule has 0 aromatic heterocycles. The number of hydrogen-bond donors (Lipinski definition) is 1. The maximum Gasteiger partial charge on any atom is 0.00108 e. The first-order valence-corrected chi connectivity index (χ1v) is 8.52. The van der Waals surface area contributed by atoms with Crippen LogP contribution in [0.25, 0.3) is 0 Å². The van der Waals surface area contributed by atoms with Gasteiger partial charge in [-0.3, -0.25) is 0 Å². The molecule has 110 valence electrons. The molecule has 1 aliphatic heterocycles. The number of hydrogen-bond acceptors (Lipinski definition) is 1. The van der Waals surface area contributed by atoms with Gasteiger partial charge in [-0.2, -0.15) is 0 Å². The monoisotopic (exact) mass is 263 g/mol. The molecular weight excluding hydrogens is 230 g/mol. The van der Waals surface area contributed by atoms with Crippen molar-refractivity contribution in [2.45, 2.75) is 59.8 Å². The van der Waals surface area contributed by atoms with Crippen LogP contribution in [0, 0.1) is 29.1 Å². The topological polar surface area (TPSA) is 12.0 Å². The number of nitrogens with one attached hydrogen (secondary N) is 1. The van der Waals surface area contributed by atoms with Crippen molar-refractivity contribution in [2.24, 2.45) is 29.1 Å². The summed E-state index contributed by atoms with van der Waals surface area (Å²) >= 11 is 0. The summed E-state index contributed by atoms with van der Waals surface area (Å²) < 4.78 is 0. The lowest BCUT2D eigenvalue weighted by atomic mass is 9.69. The van der Waals surface area contributed by atoms with Gasteiger partial charge in [0.15, 0.2) is 0 Å². The minimum Gasteiger partial charge on any atom is -0.316 e. The molecule has 1 N–H and O–H groups in total. The molecule has 5 atom stereocenters. The zero-order valence-electron chi connectivity index (χ0n) is 13.4. The fourth-order valence-electron chi connectivity index (χ4n) is 5.05. The summed E-state index contributed by atoms with van der Waals surface area (Å²) in [6.45, 7) is 12.2. The highest BCUT2D eigenvalue weighted by molar-refractivity contribution is 5.10. The summed E-state index contributed by atoms with van der Waals surface area (Å²) in [6.07, 6.45) is 11.7. The summed E-state index contributed by atoms with van der Waals surface area (Å²) in [5, 5.41) is 3.72. The largest absolute Gasteiger partial charge is 0.316 e. The van der Waals surface area contributed by atoms with E-state index in [9.17, 15) is 0 Å². The maximum absolute atomic E-state index is 3.72. The van der Waals surface area contributed by atoms with Gasteiger partial charge in [-0.25, -0.2) is 0 Å². The molecule has 0 aromatic rings. The van der Waals surface area contributed by atoms with Crippen LogP contribution in [0.1, 0.15) is 59.8 Å². The predicted octanol–water partition coefficient (Wildman–Crippen LogP) is 4.64. The molecule has 1 aliphatic carbocycles. The third-order valence-corrected chi connectivity index (χ3v) is 5.97. The van der Waals surface area contributed by atoms with Crippen LogP contribution in [0.5, 0.6) is 0 Å². The van der Waals surface area contributed by atoms with E-state index in [4.69, 9.17) is 0 Å². The molecule has 0 spiro atoms. The Hall–Kier alpha value is -0.300. The van der Waals surface area contributed by atoms with E-state index in [0.717, 1.165) is 23.7 Å². The first kappa shape index (κ1) is 15.1. The third kappa shape index (κ3) is 2.77. The van der Waals surface area contributed by atoms with Gasteiger partial charge < -0.3 is 5.32 Å². The average molecular weight is 263 g/mol. The Balaban J connectivity index is 2.28. The quantitative estimate of drug-likeness (QED) is 0.729. The van der Waals surface area contributed by atoms with E-state index in [1.807, 2.05) is 0 Å². The Kier molecular flexibility index (Phi) is 5.11. The summed E-state index contributed by atoms with van der Waals surface area (Å²) in [6, 6.07) is 0. The lowest BCUT2D eigenvalue weighted by Crippen LogP contribution is -2.38. The fraction of sp³-hybridized carbons (Fsp3) is 0.889. The van der Waals surface area contributed by atoms with Gasteiger partial charge in [0, 0.05) is 6.54 Å². The normalized spacial score (nSPS) is 43.4. The first-order valence-electron chi connectivity index (χ1n) is 8.52. The van der Waals surface area contributed by atoms with Crippen molar-refractivity contribution in [3.05, 3.63) is 12.2 Å². The van der Waals surface area contributed by atoms with Crippen LogP contribution in [0.4, 0.5) is 0 Å². The second kappa shape index (κ2) is 6.43. The Morgan fingerprint density at radius 3 is 2.79 bits per heavy atom. The fourth-order valence-corrected chi connectivity index (χ4v) is 5.05. The van der Waals surface area contributed by atoms with Crippen molar-refractivity contribution in [2.75, 3.05) is 13.1 Å². The second-order valence-electron chi connectivity index (χ2n) is 7.10. The molecule has 0 bridgehead atoms. The highest BCUT2D eigenvalue weighted by atomic mass is 14.9. The summed E-state index contributed by atoms with van der Waals surface area (Å²) in [5.41, 5.74) is 0.522. The molecule has 2 aliphatic rings. The molecule has 2 rings (SSSR count). The maximum atomic E-state index is 3.72. The van der Waals surface area contributed by atoms with Crippen LogP contribution in [0.15, 0.2) is 12.2 Å². The molecule has 2 fully saturated rings. The van der Waals surface area contributed by atoms with Gasteiger partial charge in [0.25, 0.3) is 0 Å². The number of allylic oxidation sites excluding steroid dienone is 2. The van der Waals surface area contributed by atoms with Crippen molar-refractivity contribution < 1.29 is 0 Å². The van der Waals surface area contributed by atoms with Crippen LogP contribution >= 0.6 is 0 Å². The number of rotatable bonds is 4. The molecular formula is C18H33N. The second-order valence-corrected chi connectivity index (χ2v) is 7.10. The highest BCUT2D eigenvalue weighted by Gasteiger charge is 2.54. The standard InChI is InChI=1S/C18H33N/c1-5-7-10-15-14(3)16(9-6-2)18(4)13-19-12-8-11-17(15)18/h7,10,14-17,19H,5-6,8-9,11-13H2,1-4H3. The van der Waals surface area contributed by atoms with Crippen LogP contribution in [0.2, 0.25) is 0 Å². The molecule has 0 radical (unpaired) electrons. The van der Waals surface area contributed by atoms with Crippen molar-refractivity contribution in [3.8, 4) is 0 Å². The van der Waals surface area contributed by atoms with E-state index in [0.29, 0.717) is 5.41 Å². The van der Waals surface area contributed by atoms with Crippen LogP contribution < -0.4 is 5.32 Å². The Morgan fingerprint density at radius 2 is 2.11 bits per heavy atom. The van der Waals surface area contributed by atoms with Crippen molar-refractivity contribution in [1.29, 1.82) is 0 Å². The van der Waals surface area contributed by atoms with Gasteiger partial charge in [-0.05, 0) is 61.3 Å². The molecule has 1 saturated heterocycles. The molecule has 5 unspecified atom stereocenters. The first-order chi connectivity index (χ1) is 9.15. The van der Waals surface area contributed by atoms with Gasteiger partial charge >= 0.3 is 0 Å². The Labute approximate surface area is 120 Å². The van der Waals surface area contributed by atoms with Crippen LogP contribution in [-0.4, -0.2) is 13.1 Å². The SMILES string of the molecule is CCC=CC1C(C)C(CCC)C2(C)CNCCCC12. The number of fused-ring (bicyclic) bond motifs is 1. The lowest BCUT2D eigenvalue weighted by Gasteiger charge is -2.37. The van der Waals surface area contributed by atoms with E-state index in [1.54, 1.807) is 0 Å². The van der Waals surface area contributed by atoms with E-state index in [-0.39, 0.29) is 0 Å². The van der Waals surface area contributed by atoms with Crippen LogP contribution in [-0.2, 0) is 0 Å². The van der Waals surface area contributed by atoms with Crippen molar-refractivity contribution >= 4 is 0 Å². The average Bonchev–Trinajstić information content (AvgIpc) is 2.55. The minimum absolute atomic E-state index is 0.522. The van der Waals surface area contributed by atoms with Crippen molar-refractivity contribution in [1.82, 2.24) is 5.32 Å². The lowest BCUT2D eigenvalue weighted by molar-refractivity contribution is 0.136. The van der Waals surface area contributed by atoms with E-state index in [1.165, 1.54) is 45.2 Å². The van der Waals surface area contributed by atoms with Gasteiger partial charge in [0.05, 0.1) is 0 Å². The van der Waals surface area contributed by atoms with Crippen molar-refractivity contribution in [3.63, 3.8) is 0 Å².